The van der Waals surface area contributed by atoms with Gasteiger partial charge in [0.05, 0.1) is 5.56 Å². The van der Waals surface area contributed by atoms with E-state index in [1.165, 1.54) is 0 Å². The molecule has 92 valence electrons. The Morgan fingerprint density at radius 3 is 2.67 bits per heavy atom. The van der Waals surface area contributed by atoms with E-state index in [0.29, 0.717) is 16.3 Å². The molecule has 0 unspecified atom stereocenters. The van der Waals surface area contributed by atoms with Gasteiger partial charge in [0.2, 0.25) is 0 Å². The van der Waals surface area contributed by atoms with Gasteiger partial charge in [0.1, 0.15) is 0 Å². The lowest BCUT2D eigenvalue weighted by atomic mass is 10.1. The number of hydrogen-bond donors (Lipinski definition) is 2. The Kier molecular flexibility index (Phi) is 3.53. The Morgan fingerprint density at radius 2 is 2.00 bits per heavy atom. The van der Waals surface area contributed by atoms with E-state index in [1.54, 1.807) is 18.2 Å². The van der Waals surface area contributed by atoms with Crippen LogP contribution in [0.1, 0.15) is 15.9 Å². The Bertz CT molecular complexity index is 596. The molecule has 3 N–H and O–H groups in total. The van der Waals surface area contributed by atoms with Crippen molar-refractivity contribution in [3.8, 4) is 0 Å². The zero-order valence-electron chi connectivity index (χ0n) is 9.91. The van der Waals surface area contributed by atoms with Gasteiger partial charge in [-0.25, -0.2) is 0 Å². The molecule has 0 fully saturated rings. The molecule has 0 saturated heterocycles. The van der Waals surface area contributed by atoms with E-state index in [1.807, 2.05) is 31.2 Å². The number of amides is 1. The van der Waals surface area contributed by atoms with Gasteiger partial charge < -0.3 is 11.1 Å². The van der Waals surface area contributed by atoms with Crippen molar-refractivity contribution in [2.24, 2.45) is 0 Å². The number of nitrogen functional groups attached to an aromatic ring is 1. The number of nitrogens with two attached hydrogens (primary N) is 1. The first-order valence-corrected chi connectivity index (χ1v) is 5.87. The van der Waals surface area contributed by atoms with Crippen LogP contribution in [0.5, 0.6) is 0 Å². The number of aryl methyl sites for hydroxylation is 1. The van der Waals surface area contributed by atoms with E-state index < -0.39 is 0 Å². The van der Waals surface area contributed by atoms with Crippen LogP contribution in [0.2, 0.25) is 5.02 Å². The van der Waals surface area contributed by atoms with E-state index in [9.17, 15) is 4.79 Å². The number of carbonyl (C=O) groups excluding carboxylic acids is 1. The van der Waals surface area contributed by atoms with Crippen molar-refractivity contribution in [3.63, 3.8) is 0 Å². The summed E-state index contributed by atoms with van der Waals surface area (Å²) in [6.45, 7) is 1.96. The molecule has 0 saturated carbocycles. The lowest BCUT2D eigenvalue weighted by molar-refractivity contribution is 0.102. The smallest absolute Gasteiger partial charge is 0.257 e. The topological polar surface area (TPSA) is 55.1 Å². The molecule has 3 nitrogen and oxygen atoms in total. The maximum Gasteiger partial charge on any atom is 0.257 e. The average molecular weight is 261 g/mol. The predicted octanol–water partition coefficient (Wildman–Crippen LogP) is 3.48. The highest BCUT2D eigenvalue weighted by Crippen LogP contribution is 2.19. The molecule has 0 radical (unpaired) electrons. The number of halogens is 1. The van der Waals surface area contributed by atoms with Crippen LogP contribution in [0.15, 0.2) is 42.5 Å². The third kappa shape index (κ3) is 2.81. The highest BCUT2D eigenvalue weighted by atomic mass is 35.5. The van der Waals surface area contributed by atoms with Crippen molar-refractivity contribution >= 4 is 28.9 Å². The number of hydrogen-bond acceptors (Lipinski definition) is 2. The third-order valence-electron chi connectivity index (χ3n) is 2.53. The van der Waals surface area contributed by atoms with Crippen LogP contribution in [0.4, 0.5) is 11.4 Å². The summed E-state index contributed by atoms with van der Waals surface area (Å²) >= 11 is 5.79. The minimum Gasteiger partial charge on any atom is -0.398 e. The lowest BCUT2D eigenvalue weighted by Crippen LogP contribution is -2.13. The fourth-order valence-corrected chi connectivity index (χ4v) is 1.84. The second-order valence-electron chi connectivity index (χ2n) is 4.06. The molecule has 0 aliphatic rings. The molecule has 0 heterocycles. The van der Waals surface area contributed by atoms with Crippen molar-refractivity contribution < 1.29 is 4.79 Å². The SMILES string of the molecule is Cc1cccc(NC(=O)c2ccc(Cl)cc2N)c1. The number of carbonyl (C=O) groups is 1. The van der Waals surface area contributed by atoms with Gasteiger partial charge in [-0.05, 0) is 42.8 Å². The van der Waals surface area contributed by atoms with Crippen molar-refractivity contribution in [1.82, 2.24) is 0 Å². The number of rotatable bonds is 2. The molecule has 2 rings (SSSR count). The zero-order chi connectivity index (χ0) is 13.1. The zero-order valence-corrected chi connectivity index (χ0v) is 10.7. The molecule has 0 atom stereocenters. The molecule has 0 bridgehead atoms. The van der Waals surface area contributed by atoms with E-state index in [-0.39, 0.29) is 5.91 Å². The van der Waals surface area contributed by atoms with E-state index in [2.05, 4.69) is 5.32 Å². The van der Waals surface area contributed by atoms with Crippen LogP contribution in [-0.4, -0.2) is 5.91 Å². The first-order chi connectivity index (χ1) is 8.56. The van der Waals surface area contributed by atoms with Crippen LogP contribution in [0.3, 0.4) is 0 Å². The second-order valence-corrected chi connectivity index (χ2v) is 4.49. The molecule has 1 amide bonds. The maximum absolute atomic E-state index is 12.0. The number of anilines is 2. The van der Waals surface area contributed by atoms with Gasteiger partial charge in [-0.15, -0.1) is 0 Å². The average Bonchev–Trinajstić information content (AvgIpc) is 2.28. The molecular weight excluding hydrogens is 248 g/mol. The van der Waals surface area contributed by atoms with Gasteiger partial charge in [0.15, 0.2) is 0 Å². The minimum atomic E-state index is -0.241. The summed E-state index contributed by atoms with van der Waals surface area (Å²) in [5.74, 6) is -0.241. The third-order valence-corrected chi connectivity index (χ3v) is 2.77. The lowest BCUT2D eigenvalue weighted by Gasteiger charge is -2.08. The Labute approximate surface area is 111 Å². The monoisotopic (exact) mass is 260 g/mol. The molecule has 4 heteroatoms. The summed E-state index contributed by atoms with van der Waals surface area (Å²) < 4.78 is 0. The van der Waals surface area contributed by atoms with E-state index in [0.717, 1.165) is 11.3 Å². The van der Waals surface area contributed by atoms with Crippen LogP contribution < -0.4 is 11.1 Å². The largest absolute Gasteiger partial charge is 0.398 e. The molecule has 0 aliphatic carbocycles. The molecule has 0 aliphatic heterocycles. The highest BCUT2D eigenvalue weighted by molar-refractivity contribution is 6.31. The number of nitrogens with one attached hydrogen (secondary N) is 1. The van der Waals surface area contributed by atoms with E-state index in [4.69, 9.17) is 17.3 Å². The second kappa shape index (κ2) is 5.10. The first kappa shape index (κ1) is 12.5. The van der Waals surface area contributed by atoms with Crippen LogP contribution in [0.25, 0.3) is 0 Å². The molecule has 0 aromatic heterocycles. The summed E-state index contributed by atoms with van der Waals surface area (Å²) in [6.07, 6.45) is 0. The quantitative estimate of drug-likeness (QED) is 0.812. The first-order valence-electron chi connectivity index (χ1n) is 5.49. The minimum absolute atomic E-state index is 0.241. The summed E-state index contributed by atoms with van der Waals surface area (Å²) in [7, 11) is 0. The van der Waals surface area contributed by atoms with Crippen molar-refractivity contribution in [1.29, 1.82) is 0 Å². The normalized spacial score (nSPS) is 10.1. The van der Waals surface area contributed by atoms with Crippen molar-refractivity contribution in [2.75, 3.05) is 11.1 Å². The predicted molar refractivity (Wildman–Crippen MR) is 75.0 cm³/mol. The fourth-order valence-electron chi connectivity index (χ4n) is 1.66. The summed E-state index contributed by atoms with van der Waals surface area (Å²) in [5, 5.41) is 3.31. The van der Waals surface area contributed by atoms with Gasteiger partial charge in [-0.2, -0.15) is 0 Å². The van der Waals surface area contributed by atoms with Crippen molar-refractivity contribution in [3.05, 3.63) is 58.6 Å². The molecular formula is C14H13ClN2O. The maximum atomic E-state index is 12.0. The molecule has 18 heavy (non-hydrogen) atoms. The standard InChI is InChI=1S/C14H13ClN2O/c1-9-3-2-4-11(7-9)17-14(18)12-6-5-10(15)8-13(12)16/h2-8H,16H2,1H3,(H,17,18). The molecule has 2 aromatic carbocycles. The Morgan fingerprint density at radius 1 is 1.22 bits per heavy atom. The summed E-state index contributed by atoms with van der Waals surface area (Å²) in [6, 6.07) is 12.4. The van der Waals surface area contributed by atoms with Crippen LogP contribution in [-0.2, 0) is 0 Å². The molecule has 2 aromatic rings. The van der Waals surface area contributed by atoms with Gasteiger partial charge in [0, 0.05) is 16.4 Å². The summed E-state index contributed by atoms with van der Waals surface area (Å²) in [4.78, 5) is 12.0. The van der Waals surface area contributed by atoms with Gasteiger partial charge >= 0.3 is 0 Å². The highest BCUT2D eigenvalue weighted by Gasteiger charge is 2.10. The Hall–Kier alpha value is -2.00. The fraction of sp³-hybridized carbons (Fsp3) is 0.0714. The number of benzene rings is 2. The Balaban J connectivity index is 2.22. The van der Waals surface area contributed by atoms with Crippen LogP contribution in [0, 0.1) is 6.92 Å². The van der Waals surface area contributed by atoms with Gasteiger partial charge in [0.25, 0.3) is 5.91 Å². The van der Waals surface area contributed by atoms with Gasteiger partial charge in [-0.1, -0.05) is 23.7 Å². The van der Waals surface area contributed by atoms with E-state index >= 15 is 0 Å². The van der Waals surface area contributed by atoms with Crippen LogP contribution >= 0.6 is 11.6 Å². The molecule has 0 spiro atoms. The van der Waals surface area contributed by atoms with Gasteiger partial charge in [-0.3, -0.25) is 4.79 Å². The summed E-state index contributed by atoms with van der Waals surface area (Å²) in [5.41, 5.74) is 8.37. The van der Waals surface area contributed by atoms with Crippen molar-refractivity contribution in [2.45, 2.75) is 6.92 Å².